The van der Waals surface area contributed by atoms with Crippen molar-refractivity contribution in [3.63, 3.8) is 0 Å². The van der Waals surface area contributed by atoms with E-state index in [1.165, 1.54) is 36.8 Å². The van der Waals surface area contributed by atoms with Crippen LogP contribution in [-0.4, -0.2) is 9.97 Å². The van der Waals surface area contributed by atoms with E-state index in [-0.39, 0.29) is 0 Å². The lowest BCUT2D eigenvalue weighted by molar-refractivity contribution is 0.354. The summed E-state index contributed by atoms with van der Waals surface area (Å²) in [5.74, 6) is 1.29. The SMILES string of the molecule is C(=C/C1CCCC(/C=C\c2ccc(-c3ccccn3)cc2)C1)/c1ccc(-c2ccccn2)cc1. The summed E-state index contributed by atoms with van der Waals surface area (Å²) in [6.45, 7) is 0. The van der Waals surface area contributed by atoms with Gasteiger partial charge in [0.15, 0.2) is 0 Å². The largest absolute Gasteiger partial charge is 0.256 e. The molecule has 0 aliphatic heterocycles. The van der Waals surface area contributed by atoms with Crippen molar-refractivity contribution >= 4 is 12.2 Å². The molecule has 2 nitrogen and oxygen atoms in total. The molecule has 2 aromatic carbocycles. The second kappa shape index (κ2) is 10.9. The fourth-order valence-corrected chi connectivity index (χ4v) is 4.71. The fourth-order valence-electron chi connectivity index (χ4n) is 4.71. The zero-order valence-electron chi connectivity index (χ0n) is 19.4. The molecule has 0 radical (unpaired) electrons. The van der Waals surface area contributed by atoms with Gasteiger partial charge in [0, 0.05) is 23.5 Å². The Morgan fingerprint density at radius 1 is 0.559 bits per heavy atom. The van der Waals surface area contributed by atoms with Crippen LogP contribution < -0.4 is 0 Å². The number of aromatic nitrogens is 2. The normalized spacial score (nSPS) is 18.5. The van der Waals surface area contributed by atoms with E-state index >= 15 is 0 Å². The molecule has 4 aromatic rings. The van der Waals surface area contributed by atoms with Crippen molar-refractivity contribution in [1.82, 2.24) is 9.97 Å². The minimum Gasteiger partial charge on any atom is -0.256 e. The van der Waals surface area contributed by atoms with Crippen LogP contribution in [0.4, 0.5) is 0 Å². The maximum atomic E-state index is 4.44. The molecular weight excluding hydrogens is 412 g/mol. The topological polar surface area (TPSA) is 25.8 Å². The van der Waals surface area contributed by atoms with Crippen molar-refractivity contribution in [3.8, 4) is 22.5 Å². The minimum absolute atomic E-state index is 0.644. The molecule has 2 heterocycles. The van der Waals surface area contributed by atoms with Gasteiger partial charge in [0.2, 0.25) is 0 Å². The van der Waals surface area contributed by atoms with Gasteiger partial charge in [0.25, 0.3) is 0 Å². The van der Waals surface area contributed by atoms with Gasteiger partial charge < -0.3 is 0 Å². The van der Waals surface area contributed by atoms with Crippen LogP contribution in [0.5, 0.6) is 0 Å². The highest BCUT2D eigenvalue weighted by molar-refractivity contribution is 5.63. The smallest absolute Gasteiger partial charge is 0.0701 e. The maximum absolute atomic E-state index is 4.44. The Hall–Kier alpha value is -3.78. The summed E-state index contributed by atoms with van der Waals surface area (Å²) >= 11 is 0. The van der Waals surface area contributed by atoms with Gasteiger partial charge in [0.05, 0.1) is 11.4 Å². The van der Waals surface area contributed by atoms with Gasteiger partial charge in [-0.05, 0) is 66.5 Å². The Balaban J connectivity index is 1.17. The second-order valence-corrected chi connectivity index (χ2v) is 9.08. The van der Waals surface area contributed by atoms with Crippen LogP contribution >= 0.6 is 0 Å². The molecular formula is C32H30N2. The molecule has 2 unspecified atom stereocenters. The van der Waals surface area contributed by atoms with Gasteiger partial charge in [-0.25, -0.2) is 0 Å². The van der Waals surface area contributed by atoms with E-state index in [4.69, 9.17) is 0 Å². The summed E-state index contributed by atoms with van der Waals surface area (Å²) in [6.07, 6.45) is 18.2. The van der Waals surface area contributed by atoms with Crippen LogP contribution in [0.15, 0.2) is 109 Å². The molecule has 0 amide bonds. The first-order chi connectivity index (χ1) is 16.8. The summed E-state index contributed by atoms with van der Waals surface area (Å²) in [5.41, 5.74) is 6.87. The van der Waals surface area contributed by atoms with Crippen molar-refractivity contribution in [2.75, 3.05) is 0 Å². The quantitative estimate of drug-likeness (QED) is 0.300. The molecule has 2 atom stereocenters. The van der Waals surface area contributed by atoms with Crippen LogP contribution in [0.1, 0.15) is 36.8 Å². The van der Waals surface area contributed by atoms with Gasteiger partial charge in [-0.3, -0.25) is 9.97 Å². The first-order valence-electron chi connectivity index (χ1n) is 12.2. The number of pyridine rings is 2. The molecule has 34 heavy (non-hydrogen) atoms. The van der Waals surface area contributed by atoms with Crippen molar-refractivity contribution in [2.45, 2.75) is 25.7 Å². The number of rotatable bonds is 6. The molecule has 0 bridgehead atoms. The van der Waals surface area contributed by atoms with E-state index in [0.29, 0.717) is 11.8 Å². The highest BCUT2D eigenvalue weighted by atomic mass is 14.7. The third-order valence-electron chi connectivity index (χ3n) is 6.62. The van der Waals surface area contributed by atoms with Gasteiger partial charge in [-0.15, -0.1) is 0 Å². The molecule has 1 fully saturated rings. The van der Waals surface area contributed by atoms with Gasteiger partial charge in [0.1, 0.15) is 0 Å². The van der Waals surface area contributed by atoms with E-state index in [1.54, 1.807) is 0 Å². The predicted molar refractivity (Wildman–Crippen MR) is 143 cm³/mol. The molecule has 1 aliphatic rings. The van der Waals surface area contributed by atoms with Crippen molar-refractivity contribution in [1.29, 1.82) is 0 Å². The zero-order valence-corrected chi connectivity index (χ0v) is 19.4. The van der Waals surface area contributed by atoms with Crippen molar-refractivity contribution < 1.29 is 0 Å². The van der Waals surface area contributed by atoms with Gasteiger partial charge >= 0.3 is 0 Å². The van der Waals surface area contributed by atoms with Crippen LogP contribution in [-0.2, 0) is 0 Å². The van der Waals surface area contributed by atoms with Crippen LogP contribution in [0.3, 0.4) is 0 Å². The second-order valence-electron chi connectivity index (χ2n) is 9.08. The van der Waals surface area contributed by atoms with Crippen LogP contribution in [0.25, 0.3) is 34.7 Å². The molecule has 5 rings (SSSR count). The summed E-state index contributed by atoms with van der Waals surface area (Å²) in [6, 6.07) is 29.5. The van der Waals surface area contributed by atoms with Crippen LogP contribution in [0, 0.1) is 11.8 Å². The standard InChI is InChI=1S/C32H30N2/c1-3-22-33-31(8-1)29-18-14-25(15-19-29)10-12-27-6-5-7-28(24-27)13-11-26-16-20-30(21-17-26)32-9-2-4-23-34-32/h1-4,8-23,27-28H,5-7,24H2/b12-10-,13-11-. The van der Waals surface area contributed by atoms with Gasteiger partial charge in [-0.2, -0.15) is 0 Å². The van der Waals surface area contributed by atoms with Crippen LogP contribution in [0.2, 0.25) is 0 Å². The highest BCUT2D eigenvalue weighted by Gasteiger charge is 2.18. The lowest BCUT2D eigenvalue weighted by Crippen LogP contribution is -2.12. The monoisotopic (exact) mass is 442 g/mol. The number of allylic oxidation sites excluding steroid dienone is 2. The molecule has 0 N–H and O–H groups in total. The van der Waals surface area contributed by atoms with Crippen molar-refractivity contribution in [3.05, 3.63) is 121 Å². The van der Waals surface area contributed by atoms with E-state index in [0.717, 1.165) is 22.5 Å². The Kier molecular flexibility index (Phi) is 7.06. The Morgan fingerprint density at radius 3 is 1.44 bits per heavy atom. The summed E-state index contributed by atoms with van der Waals surface area (Å²) in [4.78, 5) is 8.87. The number of hydrogen-bond donors (Lipinski definition) is 0. The first-order valence-corrected chi connectivity index (χ1v) is 12.2. The highest BCUT2D eigenvalue weighted by Crippen LogP contribution is 2.32. The Bertz CT molecular complexity index is 1120. The lowest BCUT2D eigenvalue weighted by atomic mass is 9.80. The number of hydrogen-bond acceptors (Lipinski definition) is 2. The predicted octanol–water partition coefficient (Wildman–Crippen LogP) is 8.34. The molecule has 1 saturated carbocycles. The maximum Gasteiger partial charge on any atom is 0.0701 e. The summed E-state index contributed by atoms with van der Waals surface area (Å²) in [5, 5.41) is 0. The average molecular weight is 443 g/mol. The Labute approximate surface area is 202 Å². The van der Waals surface area contributed by atoms with E-state index in [2.05, 4.69) is 94.9 Å². The summed E-state index contributed by atoms with van der Waals surface area (Å²) < 4.78 is 0. The number of benzene rings is 2. The molecule has 2 heteroatoms. The summed E-state index contributed by atoms with van der Waals surface area (Å²) in [7, 11) is 0. The molecule has 0 spiro atoms. The van der Waals surface area contributed by atoms with E-state index in [9.17, 15) is 0 Å². The third kappa shape index (κ3) is 5.77. The average Bonchev–Trinajstić information content (AvgIpc) is 2.93. The fraction of sp³-hybridized carbons (Fsp3) is 0.188. The molecule has 2 aromatic heterocycles. The first kappa shape index (κ1) is 22.0. The number of nitrogens with zero attached hydrogens (tertiary/aromatic N) is 2. The third-order valence-corrected chi connectivity index (χ3v) is 6.62. The molecule has 1 aliphatic carbocycles. The Morgan fingerprint density at radius 2 is 1.03 bits per heavy atom. The van der Waals surface area contributed by atoms with E-state index < -0.39 is 0 Å². The van der Waals surface area contributed by atoms with E-state index in [1.807, 2.05) is 36.7 Å². The molecule has 168 valence electrons. The van der Waals surface area contributed by atoms with Crippen molar-refractivity contribution in [2.24, 2.45) is 11.8 Å². The lowest BCUT2D eigenvalue weighted by Gasteiger charge is -2.25. The minimum atomic E-state index is 0.644. The molecule has 0 saturated heterocycles. The van der Waals surface area contributed by atoms with Gasteiger partial charge in [-0.1, -0.05) is 91.4 Å². The zero-order chi connectivity index (χ0) is 23.0.